The van der Waals surface area contributed by atoms with Crippen LogP contribution in [-0.2, 0) is 11.8 Å². The summed E-state index contributed by atoms with van der Waals surface area (Å²) >= 11 is 1.38. The molecule has 3 rings (SSSR count). The Balaban J connectivity index is 0.00000225. The Morgan fingerprint density at radius 1 is 1.48 bits per heavy atom. The summed E-state index contributed by atoms with van der Waals surface area (Å²) in [6.07, 6.45) is 3.61. The Bertz CT molecular complexity index is 718. The number of likely N-dealkylation sites (N-methyl/N-ethyl adjacent to an activating group) is 1. The summed E-state index contributed by atoms with van der Waals surface area (Å²) in [6, 6.07) is 3.49. The lowest BCUT2D eigenvalue weighted by molar-refractivity contribution is -0.135. The van der Waals surface area contributed by atoms with Crippen LogP contribution >= 0.6 is 23.7 Å². The van der Waals surface area contributed by atoms with Gasteiger partial charge in [0.2, 0.25) is 5.91 Å². The Morgan fingerprint density at radius 3 is 2.92 bits per heavy atom. The van der Waals surface area contributed by atoms with Gasteiger partial charge < -0.3 is 19.7 Å². The van der Waals surface area contributed by atoms with Crippen LogP contribution in [0, 0.1) is 0 Å². The molecular weight excluding hydrogens is 362 g/mol. The number of hydrogen-bond acceptors (Lipinski definition) is 5. The molecule has 1 aliphatic rings. The molecule has 0 saturated carbocycles. The van der Waals surface area contributed by atoms with E-state index in [0.29, 0.717) is 18.0 Å². The minimum Gasteiger partial charge on any atom is -0.336 e. The molecule has 1 aliphatic heterocycles. The normalized spacial score (nSPS) is 17.0. The van der Waals surface area contributed by atoms with Crippen molar-refractivity contribution >= 4 is 35.6 Å². The second-order valence-corrected chi connectivity index (χ2v) is 6.79. The summed E-state index contributed by atoms with van der Waals surface area (Å²) in [4.78, 5) is 33.4. The number of aromatic nitrogens is 2. The van der Waals surface area contributed by atoms with E-state index in [4.69, 9.17) is 0 Å². The fourth-order valence-corrected chi connectivity index (χ4v) is 3.60. The third kappa shape index (κ3) is 4.20. The van der Waals surface area contributed by atoms with Crippen molar-refractivity contribution in [3.63, 3.8) is 0 Å². The molecule has 1 saturated heterocycles. The zero-order valence-electron chi connectivity index (χ0n) is 14.2. The number of halogens is 1. The summed E-state index contributed by atoms with van der Waals surface area (Å²) in [5.74, 6) is 0.668. The molecule has 0 aliphatic carbocycles. The van der Waals surface area contributed by atoms with Crippen molar-refractivity contribution in [1.82, 2.24) is 24.7 Å². The second-order valence-electron chi connectivity index (χ2n) is 5.84. The number of amides is 2. The third-order valence-electron chi connectivity index (χ3n) is 4.17. The topological polar surface area (TPSA) is 70.5 Å². The first-order valence-corrected chi connectivity index (χ1v) is 8.72. The minimum absolute atomic E-state index is 0. The zero-order chi connectivity index (χ0) is 17.1. The number of piperazine rings is 1. The van der Waals surface area contributed by atoms with Crippen LogP contribution in [0.25, 0.3) is 0 Å². The molecule has 3 heterocycles. The van der Waals surface area contributed by atoms with Crippen molar-refractivity contribution in [2.45, 2.75) is 6.04 Å². The van der Waals surface area contributed by atoms with Gasteiger partial charge in [0.05, 0.1) is 11.4 Å². The lowest BCUT2D eigenvalue weighted by Gasteiger charge is -2.36. The first kappa shape index (κ1) is 19.4. The van der Waals surface area contributed by atoms with Crippen LogP contribution in [0.1, 0.15) is 21.5 Å². The number of nitrogens with one attached hydrogen (secondary N) is 1. The number of hydrogen-bond donors (Lipinski definition) is 1. The molecule has 136 valence electrons. The summed E-state index contributed by atoms with van der Waals surface area (Å²) in [5.41, 5.74) is 0. The van der Waals surface area contributed by atoms with Gasteiger partial charge in [0.1, 0.15) is 11.9 Å². The van der Waals surface area contributed by atoms with E-state index in [1.807, 2.05) is 34.2 Å². The van der Waals surface area contributed by atoms with E-state index in [1.165, 1.54) is 16.2 Å². The maximum absolute atomic E-state index is 12.8. The van der Waals surface area contributed by atoms with Crippen molar-refractivity contribution in [3.05, 3.63) is 40.6 Å². The molecule has 0 radical (unpaired) electrons. The number of carbonyl (C=O) groups excluding carboxylic acids is 2. The maximum Gasteiger partial charge on any atom is 0.264 e. The van der Waals surface area contributed by atoms with E-state index in [1.54, 1.807) is 19.3 Å². The minimum atomic E-state index is -0.123. The SMILES string of the molecule is CN(CC(=O)N1CCNCC1c1nccn1C)C(=O)c1cccs1.Cl. The Labute approximate surface area is 157 Å². The molecule has 1 N–H and O–H groups in total. The lowest BCUT2D eigenvalue weighted by atomic mass is 10.1. The predicted molar refractivity (Wildman–Crippen MR) is 99.1 cm³/mol. The molecular formula is C16H22ClN5O2S. The van der Waals surface area contributed by atoms with Crippen molar-refractivity contribution in [3.8, 4) is 0 Å². The van der Waals surface area contributed by atoms with Crippen LogP contribution < -0.4 is 5.32 Å². The molecule has 2 amide bonds. The summed E-state index contributed by atoms with van der Waals surface area (Å²) in [7, 11) is 3.59. The molecule has 1 fully saturated rings. The largest absolute Gasteiger partial charge is 0.336 e. The number of aryl methyl sites for hydroxylation is 1. The monoisotopic (exact) mass is 383 g/mol. The van der Waals surface area contributed by atoms with Crippen molar-refractivity contribution in [1.29, 1.82) is 0 Å². The summed E-state index contributed by atoms with van der Waals surface area (Å²) in [6.45, 7) is 2.09. The summed E-state index contributed by atoms with van der Waals surface area (Å²) in [5, 5.41) is 5.16. The molecule has 9 heteroatoms. The predicted octanol–water partition coefficient (Wildman–Crippen LogP) is 1.15. The zero-order valence-corrected chi connectivity index (χ0v) is 15.8. The Morgan fingerprint density at radius 2 is 2.28 bits per heavy atom. The number of thiophene rings is 1. The van der Waals surface area contributed by atoms with Gasteiger partial charge in [-0.05, 0) is 11.4 Å². The smallest absolute Gasteiger partial charge is 0.264 e. The fraction of sp³-hybridized carbons (Fsp3) is 0.438. The van der Waals surface area contributed by atoms with Gasteiger partial charge in [-0.3, -0.25) is 9.59 Å². The molecule has 7 nitrogen and oxygen atoms in total. The van der Waals surface area contributed by atoms with E-state index in [-0.39, 0.29) is 36.8 Å². The molecule has 0 aromatic carbocycles. The van der Waals surface area contributed by atoms with Crippen molar-refractivity contribution in [2.75, 3.05) is 33.2 Å². The number of carbonyl (C=O) groups is 2. The average molecular weight is 384 g/mol. The van der Waals surface area contributed by atoms with Crippen LogP contribution in [-0.4, -0.2) is 64.4 Å². The standard InChI is InChI=1S/C16H21N5O2S.ClH/c1-19-7-6-18-15(19)12-10-17-5-8-21(12)14(22)11-20(2)16(23)13-4-3-9-24-13;/h3-4,6-7,9,12,17H,5,8,10-11H2,1-2H3;1H. The van der Waals surface area contributed by atoms with E-state index in [9.17, 15) is 9.59 Å². The molecule has 0 bridgehead atoms. The van der Waals surface area contributed by atoms with Crippen LogP contribution in [0.15, 0.2) is 29.9 Å². The van der Waals surface area contributed by atoms with Gasteiger partial charge in [0.15, 0.2) is 0 Å². The van der Waals surface area contributed by atoms with Crippen molar-refractivity contribution < 1.29 is 9.59 Å². The van der Waals surface area contributed by atoms with E-state index < -0.39 is 0 Å². The molecule has 2 aromatic heterocycles. The first-order chi connectivity index (χ1) is 11.6. The van der Waals surface area contributed by atoms with E-state index in [2.05, 4.69) is 10.3 Å². The van der Waals surface area contributed by atoms with Gasteiger partial charge in [-0.1, -0.05) is 6.07 Å². The highest BCUT2D eigenvalue weighted by molar-refractivity contribution is 7.12. The van der Waals surface area contributed by atoms with Gasteiger partial charge >= 0.3 is 0 Å². The Kier molecular flexibility index (Phi) is 6.57. The number of imidazole rings is 1. The lowest BCUT2D eigenvalue weighted by Crippen LogP contribution is -2.52. The average Bonchev–Trinajstić information content (AvgIpc) is 3.25. The molecule has 2 aromatic rings. The van der Waals surface area contributed by atoms with Gasteiger partial charge in [0.25, 0.3) is 5.91 Å². The molecule has 0 spiro atoms. The van der Waals surface area contributed by atoms with Crippen LogP contribution in [0.2, 0.25) is 0 Å². The number of nitrogens with zero attached hydrogens (tertiary/aromatic N) is 4. The van der Waals surface area contributed by atoms with Crippen LogP contribution in [0.3, 0.4) is 0 Å². The molecule has 1 unspecified atom stereocenters. The maximum atomic E-state index is 12.8. The highest BCUT2D eigenvalue weighted by Gasteiger charge is 2.31. The summed E-state index contributed by atoms with van der Waals surface area (Å²) < 4.78 is 1.93. The first-order valence-electron chi connectivity index (χ1n) is 7.84. The quantitative estimate of drug-likeness (QED) is 0.859. The fourth-order valence-electron chi connectivity index (χ4n) is 2.89. The van der Waals surface area contributed by atoms with Crippen molar-refractivity contribution in [2.24, 2.45) is 7.05 Å². The van der Waals surface area contributed by atoms with E-state index >= 15 is 0 Å². The third-order valence-corrected chi connectivity index (χ3v) is 5.03. The van der Waals surface area contributed by atoms with Crippen LogP contribution in [0.5, 0.6) is 0 Å². The highest BCUT2D eigenvalue weighted by Crippen LogP contribution is 2.21. The van der Waals surface area contributed by atoms with Gasteiger partial charge in [-0.15, -0.1) is 23.7 Å². The molecule has 1 atom stereocenters. The second kappa shape index (κ2) is 8.46. The van der Waals surface area contributed by atoms with E-state index in [0.717, 1.165) is 12.4 Å². The van der Waals surface area contributed by atoms with Gasteiger partial charge in [0, 0.05) is 46.1 Å². The van der Waals surface area contributed by atoms with Gasteiger partial charge in [-0.2, -0.15) is 0 Å². The number of rotatable bonds is 4. The Hall–Kier alpha value is -1.90. The van der Waals surface area contributed by atoms with Gasteiger partial charge in [-0.25, -0.2) is 4.98 Å². The highest BCUT2D eigenvalue weighted by atomic mass is 35.5. The van der Waals surface area contributed by atoms with Crippen LogP contribution in [0.4, 0.5) is 0 Å². The molecule has 25 heavy (non-hydrogen) atoms.